The van der Waals surface area contributed by atoms with Gasteiger partial charge in [0.2, 0.25) is 0 Å². The Kier molecular flexibility index (Phi) is 3.38. The quantitative estimate of drug-likeness (QED) is 0.601. The number of hydrogen-bond acceptors (Lipinski definition) is 2. The van der Waals surface area contributed by atoms with Crippen molar-refractivity contribution in [3.8, 4) is 0 Å². The van der Waals surface area contributed by atoms with Gasteiger partial charge in [0.15, 0.2) is 0 Å². The molecule has 0 spiro atoms. The van der Waals surface area contributed by atoms with Crippen molar-refractivity contribution in [1.29, 1.82) is 0 Å². The molecule has 1 unspecified atom stereocenters. The van der Waals surface area contributed by atoms with E-state index in [2.05, 4.69) is 6.42 Å². The van der Waals surface area contributed by atoms with E-state index in [0.717, 1.165) is 12.8 Å². The number of hydrogen-bond donors (Lipinski definition) is 0. The zero-order chi connectivity index (χ0) is 8.97. The second kappa shape index (κ2) is 4.33. The molecule has 0 aromatic carbocycles. The van der Waals surface area contributed by atoms with Gasteiger partial charge in [0.25, 0.3) is 0 Å². The van der Waals surface area contributed by atoms with E-state index in [4.69, 9.17) is 4.74 Å². The summed E-state index contributed by atoms with van der Waals surface area (Å²) in [6, 6.07) is 0. The Balaban J connectivity index is 2.24. The van der Waals surface area contributed by atoms with Gasteiger partial charge in [-0.15, -0.1) is 0 Å². The minimum Gasteiger partial charge on any atom is -0.446 e. The summed E-state index contributed by atoms with van der Waals surface area (Å²) in [6.45, 7) is 0. The van der Waals surface area contributed by atoms with Crippen molar-refractivity contribution < 1.29 is 9.53 Å². The van der Waals surface area contributed by atoms with Crippen molar-refractivity contribution in [3.05, 3.63) is 6.42 Å². The van der Waals surface area contributed by atoms with Gasteiger partial charge in [-0.3, -0.25) is 0 Å². The monoisotopic (exact) mass is 170 g/mol. The number of rotatable bonds is 1. The first-order chi connectivity index (χ1) is 5.70. The van der Waals surface area contributed by atoms with E-state index >= 15 is 0 Å². The Bertz CT molecular complexity index is 151. The molecule has 1 rings (SSSR count). The van der Waals surface area contributed by atoms with Crippen LogP contribution in [0.2, 0.25) is 0 Å². The highest BCUT2D eigenvalue weighted by atomic mass is 16.6. The van der Waals surface area contributed by atoms with Crippen molar-refractivity contribution in [2.45, 2.75) is 31.8 Å². The van der Waals surface area contributed by atoms with Gasteiger partial charge in [-0.05, 0) is 19.3 Å². The molecular formula is C9H16NO2. The Morgan fingerprint density at radius 2 is 2.25 bits per heavy atom. The highest BCUT2D eigenvalue weighted by molar-refractivity contribution is 5.67. The van der Waals surface area contributed by atoms with Crippen LogP contribution < -0.4 is 0 Å². The molecule has 1 radical (unpaired) electrons. The maximum absolute atomic E-state index is 11.1. The third kappa shape index (κ3) is 2.72. The van der Waals surface area contributed by atoms with Gasteiger partial charge in [0.05, 0.1) is 0 Å². The first-order valence-corrected chi connectivity index (χ1v) is 4.41. The summed E-state index contributed by atoms with van der Waals surface area (Å²) in [5.74, 6) is 0. The average molecular weight is 170 g/mol. The van der Waals surface area contributed by atoms with Crippen LogP contribution in [0.5, 0.6) is 0 Å². The molecule has 0 heterocycles. The third-order valence-corrected chi connectivity index (χ3v) is 1.99. The van der Waals surface area contributed by atoms with Gasteiger partial charge in [-0.2, -0.15) is 0 Å². The molecule has 0 aromatic heterocycles. The lowest BCUT2D eigenvalue weighted by atomic mass is 9.98. The van der Waals surface area contributed by atoms with Crippen molar-refractivity contribution >= 4 is 6.09 Å². The summed E-state index contributed by atoms with van der Waals surface area (Å²) in [4.78, 5) is 12.6. The smallest absolute Gasteiger partial charge is 0.409 e. The molecule has 1 aliphatic rings. The number of amides is 1. The lowest BCUT2D eigenvalue weighted by Gasteiger charge is -2.23. The summed E-state index contributed by atoms with van der Waals surface area (Å²) in [7, 11) is 3.40. The van der Waals surface area contributed by atoms with Crippen LogP contribution in [-0.2, 0) is 4.74 Å². The molecule has 12 heavy (non-hydrogen) atoms. The summed E-state index contributed by atoms with van der Waals surface area (Å²) in [6.07, 6.45) is 6.36. The van der Waals surface area contributed by atoms with Crippen LogP contribution in [-0.4, -0.2) is 31.2 Å². The summed E-state index contributed by atoms with van der Waals surface area (Å²) in [5, 5.41) is 0. The van der Waals surface area contributed by atoms with E-state index in [1.54, 1.807) is 14.1 Å². The van der Waals surface area contributed by atoms with Crippen LogP contribution in [0, 0.1) is 6.42 Å². The van der Waals surface area contributed by atoms with E-state index in [1.807, 2.05) is 0 Å². The highest BCUT2D eigenvalue weighted by Crippen LogP contribution is 2.19. The summed E-state index contributed by atoms with van der Waals surface area (Å²) in [5.41, 5.74) is 0. The molecule has 0 aliphatic heterocycles. The third-order valence-electron chi connectivity index (χ3n) is 1.99. The molecule has 3 heteroatoms. The predicted molar refractivity (Wildman–Crippen MR) is 46.7 cm³/mol. The molecule has 69 valence electrons. The summed E-state index contributed by atoms with van der Waals surface area (Å²) >= 11 is 0. The molecule has 3 nitrogen and oxygen atoms in total. The van der Waals surface area contributed by atoms with Crippen molar-refractivity contribution in [3.63, 3.8) is 0 Å². The van der Waals surface area contributed by atoms with Crippen molar-refractivity contribution in [2.75, 3.05) is 14.1 Å². The number of ether oxygens (including phenoxy) is 1. The van der Waals surface area contributed by atoms with E-state index in [0.29, 0.717) is 0 Å². The molecule has 0 aromatic rings. The number of nitrogens with zero attached hydrogens (tertiary/aromatic N) is 1. The van der Waals surface area contributed by atoms with Crippen LogP contribution >= 0.6 is 0 Å². The Hall–Kier alpha value is -0.730. The van der Waals surface area contributed by atoms with Gasteiger partial charge >= 0.3 is 6.09 Å². The fraction of sp³-hybridized carbons (Fsp3) is 0.778. The second-order valence-corrected chi connectivity index (χ2v) is 3.34. The largest absolute Gasteiger partial charge is 0.446 e. The SMILES string of the molecule is CN(C)C(=O)OC1[CH]CCCC1. The van der Waals surface area contributed by atoms with Crippen LogP contribution in [0.25, 0.3) is 0 Å². The molecular weight excluding hydrogens is 154 g/mol. The zero-order valence-electron chi connectivity index (χ0n) is 7.75. The van der Waals surface area contributed by atoms with E-state index < -0.39 is 0 Å². The molecule has 1 saturated carbocycles. The van der Waals surface area contributed by atoms with Crippen molar-refractivity contribution in [1.82, 2.24) is 4.90 Å². The number of carbonyl (C=O) groups is 1. The second-order valence-electron chi connectivity index (χ2n) is 3.34. The molecule has 0 N–H and O–H groups in total. The van der Waals surface area contributed by atoms with E-state index in [9.17, 15) is 4.79 Å². The Labute approximate surface area is 73.7 Å². The molecule has 0 saturated heterocycles. The standard InChI is InChI=1S/C9H16NO2/c1-10(2)9(11)12-8-6-4-3-5-7-8/h6,8H,3-5,7H2,1-2H3. The fourth-order valence-corrected chi connectivity index (χ4v) is 1.25. The average Bonchev–Trinajstić information content (AvgIpc) is 2.06. The van der Waals surface area contributed by atoms with Gasteiger partial charge in [0, 0.05) is 20.5 Å². The van der Waals surface area contributed by atoms with Gasteiger partial charge in [-0.1, -0.05) is 6.42 Å². The van der Waals surface area contributed by atoms with Crippen LogP contribution in [0.15, 0.2) is 0 Å². The molecule has 1 atom stereocenters. The van der Waals surface area contributed by atoms with Crippen molar-refractivity contribution in [2.24, 2.45) is 0 Å². The lowest BCUT2D eigenvalue weighted by molar-refractivity contribution is 0.0766. The topological polar surface area (TPSA) is 29.5 Å². The maximum Gasteiger partial charge on any atom is 0.409 e. The Morgan fingerprint density at radius 3 is 2.75 bits per heavy atom. The van der Waals surface area contributed by atoms with E-state index in [1.165, 1.54) is 17.7 Å². The Morgan fingerprint density at radius 1 is 1.50 bits per heavy atom. The van der Waals surface area contributed by atoms with Gasteiger partial charge in [-0.25, -0.2) is 4.79 Å². The van der Waals surface area contributed by atoms with Crippen LogP contribution in [0.3, 0.4) is 0 Å². The minimum absolute atomic E-state index is 0.0497. The van der Waals surface area contributed by atoms with E-state index in [-0.39, 0.29) is 12.2 Å². The highest BCUT2D eigenvalue weighted by Gasteiger charge is 2.18. The normalized spacial score (nSPS) is 18.8. The first-order valence-electron chi connectivity index (χ1n) is 4.41. The first kappa shape index (κ1) is 9.36. The van der Waals surface area contributed by atoms with Crippen LogP contribution in [0.4, 0.5) is 4.79 Å². The maximum atomic E-state index is 11.1. The lowest BCUT2D eigenvalue weighted by Crippen LogP contribution is -2.29. The fourth-order valence-electron chi connectivity index (χ4n) is 1.25. The van der Waals surface area contributed by atoms with Gasteiger partial charge < -0.3 is 9.64 Å². The minimum atomic E-state index is -0.238. The molecule has 1 fully saturated rings. The number of carbonyl (C=O) groups excluding carboxylic acids is 1. The molecule has 1 aliphatic carbocycles. The zero-order valence-corrected chi connectivity index (χ0v) is 7.75. The molecule has 1 amide bonds. The molecule has 0 bridgehead atoms. The summed E-state index contributed by atoms with van der Waals surface area (Å²) < 4.78 is 5.18. The van der Waals surface area contributed by atoms with Gasteiger partial charge in [0.1, 0.15) is 6.10 Å². The predicted octanol–water partition coefficient (Wildman–Crippen LogP) is 1.83. The van der Waals surface area contributed by atoms with Crippen LogP contribution in [0.1, 0.15) is 25.7 Å².